The highest BCUT2D eigenvalue weighted by atomic mass is 35.5. The molecule has 2 aromatic rings. The van der Waals surface area contributed by atoms with Crippen molar-refractivity contribution in [2.75, 3.05) is 19.7 Å². The highest BCUT2D eigenvalue weighted by Gasteiger charge is 2.14. The number of carbonyl (C=O) groups excluding carboxylic acids is 1. The summed E-state index contributed by atoms with van der Waals surface area (Å²) in [4.78, 5) is 13.5. The number of aliphatic hydroxyl groups is 1. The lowest BCUT2D eigenvalue weighted by molar-refractivity contribution is -0.147. The Hall–Kier alpha value is -2.14. The summed E-state index contributed by atoms with van der Waals surface area (Å²) in [6.07, 6.45) is 2.18. The maximum atomic E-state index is 11.5. The minimum Gasteiger partial charge on any atom is -0.463 e. The second-order valence-electron chi connectivity index (χ2n) is 6.75. The van der Waals surface area contributed by atoms with E-state index in [4.69, 9.17) is 16.3 Å². The molecule has 0 aliphatic carbocycles. The molecule has 28 heavy (non-hydrogen) atoms. The van der Waals surface area contributed by atoms with Crippen LogP contribution in [0.3, 0.4) is 0 Å². The predicted octanol–water partition coefficient (Wildman–Crippen LogP) is 4.70. The minimum absolute atomic E-state index is 0.0118. The molecule has 150 valence electrons. The van der Waals surface area contributed by atoms with Crippen LogP contribution in [-0.2, 0) is 16.1 Å². The number of rotatable bonds is 11. The molecule has 0 aliphatic heterocycles. The molecule has 0 heterocycles. The van der Waals surface area contributed by atoms with E-state index in [2.05, 4.69) is 23.6 Å². The zero-order valence-corrected chi connectivity index (χ0v) is 17.1. The number of benzene rings is 2. The third kappa shape index (κ3) is 7.12. The monoisotopic (exact) mass is 401 g/mol. The van der Waals surface area contributed by atoms with Gasteiger partial charge in [0, 0.05) is 36.6 Å². The van der Waals surface area contributed by atoms with Crippen LogP contribution in [0.5, 0.6) is 0 Å². The van der Waals surface area contributed by atoms with Crippen molar-refractivity contribution in [2.24, 2.45) is 0 Å². The van der Waals surface area contributed by atoms with Gasteiger partial charge in [-0.2, -0.15) is 0 Å². The molecule has 0 unspecified atom stereocenters. The van der Waals surface area contributed by atoms with Crippen molar-refractivity contribution in [3.63, 3.8) is 0 Å². The van der Waals surface area contributed by atoms with E-state index < -0.39 is 6.10 Å². The summed E-state index contributed by atoms with van der Waals surface area (Å²) in [5.41, 5.74) is 3.18. The van der Waals surface area contributed by atoms with Crippen LogP contribution in [0.25, 0.3) is 11.1 Å². The molecule has 0 amide bonds. The molecule has 0 fully saturated rings. The molecule has 0 spiro atoms. The van der Waals surface area contributed by atoms with Gasteiger partial charge < -0.3 is 9.84 Å². The molecular formula is C23H28ClNO3. The van der Waals surface area contributed by atoms with Crippen molar-refractivity contribution in [1.82, 2.24) is 4.90 Å². The van der Waals surface area contributed by atoms with E-state index in [9.17, 15) is 9.90 Å². The Kier molecular flexibility index (Phi) is 9.21. The Morgan fingerprint density at radius 1 is 1.25 bits per heavy atom. The first kappa shape index (κ1) is 22.2. The van der Waals surface area contributed by atoms with Gasteiger partial charge in [0.25, 0.3) is 0 Å². The summed E-state index contributed by atoms with van der Waals surface area (Å²) in [6, 6.07) is 16.0. The third-order valence-electron chi connectivity index (χ3n) is 4.29. The van der Waals surface area contributed by atoms with Gasteiger partial charge in [-0.1, -0.05) is 67.1 Å². The zero-order chi connectivity index (χ0) is 20.4. The smallest absolute Gasteiger partial charge is 0.305 e. The van der Waals surface area contributed by atoms with Gasteiger partial charge in [-0.15, -0.1) is 6.58 Å². The summed E-state index contributed by atoms with van der Waals surface area (Å²) in [6.45, 7) is 7.41. The van der Waals surface area contributed by atoms with Gasteiger partial charge in [-0.05, 0) is 23.6 Å². The molecule has 2 rings (SSSR count). The average molecular weight is 402 g/mol. The van der Waals surface area contributed by atoms with Gasteiger partial charge in [0.15, 0.2) is 0 Å². The van der Waals surface area contributed by atoms with Crippen molar-refractivity contribution >= 4 is 17.6 Å². The number of esters is 1. The van der Waals surface area contributed by atoms with E-state index in [0.717, 1.165) is 28.1 Å². The molecule has 0 radical (unpaired) electrons. The molecule has 0 saturated carbocycles. The van der Waals surface area contributed by atoms with Crippen molar-refractivity contribution in [1.29, 1.82) is 0 Å². The lowest BCUT2D eigenvalue weighted by atomic mass is 10.0. The van der Waals surface area contributed by atoms with E-state index in [1.54, 1.807) is 6.08 Å². The molecular weight excluding hydrogens is 374 g/mol. The van der Waals surface area contributed by atoms with Crippen molar-refractivity contribution in [3.8, 4) is 11.1 Å². The quantitative estimate of drug-likeness (QED) is 0.438. The maximum absolute atomic E-state index is 11.5. The number of hydrogen-bond acceptors (Lipinski definition) is 4. The van der Waals surface area contributed by atoms with Gasteiger partial charge in [-0.3, -0.25) is 9.69 Å². The summed E-state index contributed by atoms with van der Waals surface area (Å²) >= 11 is 6.27. The van der Waals surface area contributed by atoms with Crippen LogP contribution in [0, 0.1) is 0 Å². The highest BCUT2D eigenvalue weighted by molar-refractivity contribution is 6.33. The van der Waals surface area contributed by atoms with E-state index in [0.29, 0.717) is 26.1 Å². The lowest BCUT2D eigenvalue weighted by Crippen LogP contribution is -2.35. The largest absolute Gasteiger partial charge is 0.463 e. The van der Waals surface area contributed by atoms with Crippen LogP contribution < -0.4 is 0 Å². The van der Waals surface area contributed by atoms with Crippen molar-refractivity contribution in [2.45, 2.75) is 32.4 Å². The van der Waals surface area contributed by atoms with Crippen LogP contribution in [0.15, 0.2) is 61.2 Å². The van der Waals surface area contributed by atoms with Crippen LogP contribution in [0.4, 0.5) is 0 Å². The maximum Gasteiger partial charge on any atom is 0.305 e. The molecule has 0 aliphatic rings. The average Bonchev–Trinajstić information content (AvgIpc) is 2.68. The first-order valence-electron chi connectivity index (χ1n) is 9.54. The first-order valence-corrected chi connectivity index (χ1v) is 9.92. The Labute approximate surface area is 172 Å². The highest BCUT2D eigenvalue weighted by Crippen LogP contribution is 2.27. The van der Waals surface area contributed by atoms with E-state index in [-0.39, 0.29) is 12.6 Å². The van der Waals surface area contributed by atoms with Crippen LogP contribution in [0.2, 0.25) is 5.02 Å². The predicted molar refractivity (Wildman–Crippen MR) is 114 cm³/mol. The molecule has 5 heteroatoms. The zero-order valence-electron chi connectivity index (χ0n) is 16.3. The SMILES string of the molecule is C=CCN(Cc1ccc(-c2ccccc2Cl)cc1)C[C@@H](O)COC(=O)CCC. The fourth-order valence-corrected chi connectivity index (χ4v) is 3.19. The summed E-state index contributed by atoms with van der Waals surface area (Å²) in [7, 11) is 0. The van der Waals surface area contributed by atoms with Gasteiger partial charge >= 0.3 is 5.97 Å². The number of hydrogen-bond donors (Lipinski definition) is 1. The third-order valence-corrected chi connectivity index (χ3v) is 4.62. The van der Waals surface area contributed by atoms with Crippen molar-refractivity contribution in [3.05, 3.63) is 71.8 Å². The summed E-state index contributed by atoms with van der Waals surface area (Å²) < 4.78 is 5.10. The number of halogens is 1. The number of ether oxygens (including phenoxy) is 1. The first-order chi connectivity index (χ1) is 13.5. The normalized spacial score (nSPS) is 12.0. The van der Waals surface area contributed by atoms with Gasteiger partial charge in [0.05, 0.1) is 0 Å². The molecule has 0 bridgehead atoms. The Bertz CT molecular complexity index is 761. The molecule has 1 atom stereocenters. The van der Waals surface area contributed by atoms with Gasteiger partial charge in [-0.25, -0.2) is 0 Å². The fourth-order valence-electron chi connectivity index (χ4n) is 2.95. The molecule has 0 aromatic heterocycles. The van der Waals surface area contributed by atoms with Gasteiger partial charge in [0.2, 0.25) is 0 Å². The standard InChI is InChI=1S/C23H28ClNO3/c1-3-7-23(27)28-17-20(26)16-25(14-4-2)15-18-10-12-19(13-11-18)21-8-5-6-9-22(21)24/h4-6,8-13,20,26H,2-3,7,14-17H2,1H3/t20-/m1/s1. The minimum atomic E-state index is -0.733. The van der Waals surface area contributed by atoms with E-state index in [1.165, 1.54) is 0 Å². The molecule has 2 aromatic carbocycles. The van der Waals surface area contributed by atoms with Crippen molar-refractivity contribution < 1.29 is 14.6 Å². The summed E-state index contributed by atoms with van der Waals surface area (Å²) in [5, 5.41) is 10.9. The Morgan fingerprint density at radius 3 is 2.61 bits per heavy atom. The topological polar surface area (TPSA) is 49.8 Å². The van der Waals surface area contributed by atoms with E-state index in [1.807, 2.05) is 43.3 Å². The van der Waals surface area contributed by atoms with Gasteiger partial charge in [0.1, 0.15) is 12.7 Å². The number of nitrogens with zero attached hydrogens (tertiary/aromatic N) is 1. The molecule has 1 N–H and O–H groups in total. The van der Waals surface area contributed by atoms with Crippen LogP contribution in [0.1, 0.15) is 25.3 Å². The lowest BCUT2D eigenvalue weighted by Gasteiger charge is -2.24. The fraction of sp³-hybridized carbons (Fsp3) is 0.348. The Morgan fingerprint density at radius 2 is 1.96 bits per heavy atom. The second kappa shape index (κ2) is 11.6. The summed E-state index contributed by atoms with van der Waals surface area (Å²) in [5.74, 6) is -0.271. The number of aliphatic hydroxyl groups excluding tert-OH is 1. The van der Waals surface area contributed by atoms with Crippen LogP contribution in [-0.4, -0.2) is 41.8 Å². The molecule has 4 nitrogen and oxygen atoms in total. The van der Waals surface area contributed by atoms with E-state index >= 15 is 0 Å². The van der Waals surface area contributed by atoms with Crippen LogP contribution >= 0.6 is 11.6 Å². The Balaban J connectivity index is 1.95. The second-order valence-corrected chi connectivity index (χ2v) is 7.15. The number of carbonyl (C=O) groups is 1. The molecule has 0 saturated heterocycles.